The van der Waals surface area contributed by atoms with E-state index in [4.69, 9.17) is 5.73 Å². The predicted octanol–water partition coefficient (Wildman–Crippen LogP) is 3.01. The third-order valence-corrected chi connectivity index (χ3v) is 3.99. The van der Waals surface area contributed by atoms with E-state index in [9.17, 15) is 0 Å². The zero-order valence-corrected chi connectivity index (χ0v) is 9.79. The summed E-state index contributed by atoms with van der Waals surface area (Å²) >= 11 is 0. The minimum Gasteiger partial charge on any atom is -0.330 e. The van der Waals surface area contributed by atoms with Crippen molar-refractivity contribution in [2.24, 2.45) is 11.7 Å². The molecule has 0 heterocycles. The molecule has 1 aromatic rings. The molecule has 1 aliphatic carbocycles. The summed E-state index contributed by atoms with van der Waals surface area (Å²) in [4.78, 5) is 0. The van der Waals surface area contributed by atoms with Crippen molar-refractivity contribution in [2.45, 2.75) is 38.5 Å². The van der Waals surface area contributed by atoms with Crippen LogP contribution in [0.25, 0.3) is 0 Å². The van der Waals surface area contributed by atoms with Crippen molar-refractivity contribution < 1.29 is 0 Å². The lowest BCUT2D eigenvalue weighted by atomic mass is 9.58. The summed E-state index contributed by atoms with van der Waals surface area (Å²) in [5.41, 5.74) is 9.03. The monoisotopic (exact) mass is 203 g/mol. The lowest BCUT2D eigenvalue weighted by Crippen LogP contribution is -2.46. The topological polar surface area (TPSA) is 26.0 Å². The van der Waals surface area contributed by atoms with Crippen LogP contribution in [0.3, 0.4) is 0 Å². The maximum Gasteiger partial charge on any atom is 0.00808 e. The highest BCUT2D eigenvalue weighted by Gasteiger charge is 2.43. The Kier molecular flexibility index (Phi) is 2.83. The molecule has 15 heavy (non-hydrogen) atoms. The highest BCUT2D eigenvalue weighted by molar-refractivity contribution is 5.31. The van der Waals surface area contributed by atoms with Gasteiger partial charge in [-0.1, -0.05) is 43.2 Å². The zero-order chi connectivity index (χ0) is 10.9. The molecule has 82 valence electrons. The smallest absolute Gasteiger partial charge is 0.00808 e. The van der Waals surface area contributed by atoms with Crippen molar-refractivity contribution in [1.82, 2.24) is 0 Å². The number of aryl methyl sites for hydroxylation is 1. The summed E-state index contributed by atoms with van der Waals surface area (Å²) < 4.78 is 0. The molecule has 1 aliphatic rings. The average molecular weight is 203 g/mol. The molecule has 0 aliphatic heterocycles. The van der Waals surface area contributed by atoms with Crippen LogP contribution in [0.5, 0.6) is 0 Å². The standard InChI is InChI=1S/C14H21N/c1-3-12-8-14(9-12,10-15)13-6-4-11(2)5-7-13/h4-7,12H,3,8-10,15H2,1-2H3. The fourth-order valence-corrected chi connectivity index (χ4v) is 2.76. The maximum absolute atomic E-state index is 5.96. The second kappa shape index (κ2) is 3.97. The van der Waals surface area contributed by atoms with Crippen LogP contribution in [0.15, 0.2) is 24.3 Å². The molecule has 0 saturated heterocycles. The van der Waals surface area contributed by atoms with Crippen LogP contribution in [0.4, 0.5) is 0 Å². The van der Waals surface area contributed by atoms with Crippen molar-refractivity contribution in [3.63, 3.8) is 0 Å². The zero-order valence-electron chi connectivity index (χ0n) is 9.79. The van der Waals surface area contributed by atoms with Crippen molar-refractivity contribution in [3.8, 4) is 0 Å². The molecule has 1 fully saturated rings. The molecule has 0 radical (unpaired) electrons. The molecule has 0 unspecified atom stereocenters. The molecule has 0 spiro atoms. The number of hydrogen-bond donors (Lipinski definition) is 1. The third-order valence-electron chi connectivity index (χ3n) is 3.99. The first kappa shape index (κ1) is 10.7. The van der Waals surface area contributed by atoms with Gasteiger partial charge in [0.2, 0.25) is 0 Å². The highest BCUT2D eigenvalue weighted by Crippen LogP contribution is 2.48. The summed E-state index contributed by atoms with van der Waals surface area (Å²) in [7, 11) is 0. The van der Waals surface area contributed by atoms with E-state index in [1.807, 2.05) is 0 Å². The molecule has 0 aromatic heterocycles. The van der Waals surface area contributed by atoms with Gasteiger partial charge in [0.1, 0.15) is 0 Å². The number of rotatable bonds is 3. The Hall–Kier alpha value is -0.820. The Morgan fingerprint density at radius 3 is 2.33 bits per heavy atom. The Bertz CT molecular complexity index is 320. The van der Waals surface area contributed by atoms with Crippen LogP contribution in [-0.4, -0.2) is 6.54 Å². The van der Waals surface area contributed by atoms with E-state index in [0.717, 1.165) is 12.5 Å². The first-order valence-electron chi connectivity index (χ1n) is 5.97. The maximum atomic E-state index is 5.96. The van der Waals surface area contributed by atoms with Crippen molar-refractivity contribution in [1.29, 1.82) is 0 Å². The molecule has 0 atom stereocenters. The Morgan fingerprint density at radius 2 is 1.87 bits per heavy atom. The Labute approximate surface area is 92.7 Å². The predicted molar refractivity (Wildman–Crippen MR) is 64.9 cm³/mol. The van der Waals surface area contributed by atoms with E-state index in [2.05, 4.69) is 38.1 Å². The number of nitrogens with two attached hydrogens (primary N) is 1. The van der Waals surface area contributed by atoms with Crippen LogP contribution in [0, 0.1) is 12.8 Å². The molecule has 0 amide bonds. The van der Waals surface area contributed by atoms with Gasteiger partial charge in [-0.05, 0) is 31.2 Å². The Morgan fingerprint density at radius 1 is 1.27 bits per heavy atom. The van der Waals surface area contributed by atoms with Gasteiger partial charge in [0, 0.05) is 12.0 Å². The first-order chi connectivity index (χ1) is 7.20. The summed E-state index contributed by atoms with van der Waals surface area (Å²) in [6.07, 6.45) is 3.86. The molecule has 1 nitrogen and oxygen atoms in total. The summed E-state index contributed by atoms with van der Waals surface area (Å²) in [6, 6.07) is 8.92. The van der Waals surface area contributed by atoms with Crippen LogP contribution in [0.1, 0.15) is 37.3 Å². The largest absolute Gasteiger partial charge is 0.330 e. The number of hydrogen-bond acceptors (Lipinski definition) is 1. The molecular formula is C14H21N. The lowest BCUT2D eigenvalue weighted by Gasteiger charge is -2.47. The fourth-order valence-electron chi connectivity index (χ4n) is 2.76. The Balaban J connectivity index is 2.18. The molecule has 1 aromatic carbocycles. The van der Waals surface area contributed by atoms with Crippen LogP contribution in [0.2, 0.25) is 0 Å². The van der Waals surface area contributed by atoms with Crippen molar-refractivity contribution >= 4 is 0 Å². The van der Waals surface area contributed by atoms with Gasteiger partial charge in [-0.2, -0.15) is 0 Å². The SMILES string of the molecule is CCC1CC(CN)(c2ccc(C)cc2)C1. The average Bonchev–Trinajstić information content (AvgIpc) is 2.20. The molecule has 2 rings (SSSR count). The van der Waals surface area contributed by atoms with E-state index in [1.54, 1.807) is 0 Å². The van der Waals surface area contributed by atoms with Gasteiger partial charge in [-0.15, -0.1) is 0 Å². The lowest BCUT2D eigenvalue weighted by molar-refractivity contribution is 0.144. The van der Waals surface area contributed by atoms with Crippen LogP contribution in [-0.2, 0) is 5.41 Å². The van der Waals surface area contributed by atoms with Gasteiger partial charge in [-0.3, -0.25) is 0 Å². The van der Waals surface area contributed by atoms with Crippen molar-refractivity contribution in [2.75, 3.05) is 6.54 Å². The third kappa shape index (κ3) is 1.81. The van der Waals surface area contributed by atoms with Gasteiger partial charge in [-0.25, -0.2) is 0 Å². The van der Waals surface area contributed by atoms with E-state index < -0.39 is 0 Å². The molecule has 0 bridgehead atoms. The van der Waals surface area contributed by atoms with Gasteiger partial charge in [0.15, 0.2) is 0 Å². The van der Waals surface area contributed by atoms with Gasteiger partial charge >= 0.3 is 0 Å². The second-order valence-corrected chi connectivity index (χ2v) is 5.03. The van der Waals surface area contributed by atoms with Gasteiger partial charge in [0.25, 0.3) is 0 Å². The van der Waals surface area contributed by atoms with Crippen LogP contribution >= 0.6 is 0 Å². The van der Waals surface area contributed by atoms with Gasteiger partial charge in [0.05, 0.1) is 0 Å². The molecule has 1 heteroatoms. The molecule has 2 N–H and O–H groups in total. The highest BCUT2D eigenvalue weighted by atomic mass is 14.6. The van der Waals surface area contributed by atoms with E-state index in [1.165, 1.54) is 30.4 Å². The number of benzene rings is 1. The first-order valence-corrected chi connectivity index (χ1v) is 5.97. The molecule has 1 saturated carbocycles. The van der Waals surface area contributed by atoms with Crippen molar-refractivity contribution in [3.05, 3.63) is 35.4 Å². The fraction of sp³-hybridized carbons (Fsp3) is 0.571. The van der Waals surface area contributed by atoms with Gasteiger partial charge < -0.3 is 5.73 Å². The summed E-state index contributed by atoms with van der Waals surface area (Å²) in [6.45, 7) is 5.21. The summed E-state index contributed by atoms with van der Waals surface area (Å²) in [5, 5.41) is 0. The minimum atomic E-state index is 0.300. The van der Waals surface area contributed by atoms with E-state index >= 15 is 0 Å². The normalized spacial score (nSPS) is 29.9. The second-order valence-electron chi connectivity index (χ2n) is 5.03. The van der Waals surface area contributed by atoms with E-state index in [-0.39, 0.29) is 0 Å². The molecular weight excluding hydrogens is 182 g/mol. The van der Waals surface area contributed by atoms with E-state index in [0.29, 0.717) is 5.41 Å². The summed E-state index contributed by atoms with van der Waals surface area (Å²) in [5.74, 6) is 0.898. The quantitative estimate of drug-likeness (QED) is 0.803. The van der Waals surface area contributed by atoms with Crippen LogP contribution < -0.4 is 5.73 Å². The minimum absolute atomic E-state index is 0.300.